The van der Waals surface area contributed by atoms with Gasteiger partial charge in [-0.15, -0.1) is 0 Å². The molecule has 130 valence electrons. The van der Waals surface area contributed by atoms with E-state index in [0.717, 1.165) is 0 Å². The third-order valence-corrected chi connectivity index (χ3v) is 4.56. The summed E-state index contributed by atoms with van der Waals surface area (Å²) in [4.78, 5) is 12.9. The van der Waals surface area contributed by atoms with E-state index in [4.69, 9.17) is 30.5 Å². The summed E-state index contributed by atoms with van der Waals surface area (Å²) in [6, 6.07) is 0. The van der Waals surface area contributed by atoms with Crippen LogP contribution in [0.3, 0.4) is 0 Å². The Labute approximate surface area is 144 Å². The minimum absolute atomic E-state index is 0.170. The zero-order valence-electron chi connectivity index (χ0n) is 13.9. The molecule has 4 rings (SSSR count). The van der Waals surface area contributed by atoms with Gasteiger partial charge in [-0.2, -0.15) is 0 Å². The molecule has 2 aliphatic rings. The maximum absolute atomic E-state index is 6.17. The second-order valence-corrected chi connectivity index (χ2v) is 6.81. The first kappa shape index (κ1) is 16.2. The van der Waals surface area contributed by atoms with Crippen molar-refractivity contribution in [3.8, 4) is 0 Å². The van der Waals surface area contributed by atoms with Gasteiger partial charge in [0.15, 0.2) is 22.8 Å². The summed E-state index contributed by atoms with van der Waals surface area (Å²) in [6.07, 6.45) is 0.430. The molecular formula is C15H19ClN4O4. The van der Waals surface area contributed by atoms with E-state index >= 15 is 0 Å². The molecule has 2 aliphatic heterocycles. The number of rotatable bonds is 2. The molecule has 0 spiro atoms. The molecule has 0 bridgehead atoms. The number of halogens is 1. The van der Waals surface area contributed by atoms with Crippen LogP contribution < -0.4 is 0 Å². The second-order valence-electron chi connectivity index (χ2n) is 6.45. The van der Waals surface area contributed by atoms with Crippen LogP contribution in [-0.4, -0.2) is 57.3 Å². The fraction of sp³-hybridized carbons (Fsp3) is 0.667. The molecule has 0 amide bonds. The third kappa shape index (κ3) is 2.49. The Morgan fingerprint density at radius 1 is 1.33 bits per heavy atom. The van der Waals surface area contributed by atoms with Gasteiger partial charge in [0.1, 0.15) is 29.7 Å². The summed E-state index contributed by atoms with van der Waals surface area (Å²) < 4.78 is 25.4. The van der Waals surface area contributed by atoms with E-state index in [1.54, 1.807) is 20.4 Å². The molecule has 2 fully saturated rings. The van der Waals surface area contributed by atoms with Crippen molar-refractivity contribution in [1.82, 2.24) is 19.5 Å². The molecule has 2 saturated heterocycles. The molecule has 0 saturated carbocycles. The fourth-order valence-electron chi connectivity index (χ4n) is 3.38. The van der Waals surface area contributed by atoms with Gasteiger partial charge in [0.05, 0.1) is 12.9 Å². The standard InChI is InChI=1S/C15H19ClN4O4/c1-7-18-12(16)9-13(19-7)20(6-17-9)14-11(21-4)10-8(5-22-14)23-15(2,3)24-10/h6,8,10-11,14H,5H2,1-4H3/t8-,10-,11+,14+/m0/s1. The van der Waals surface area contributed by atoms with Crippen LogP contribution >= 0.6 is 11.6 Å². The molecule has 4 heterocycles. The summed E-state index contributed by atoms with van der Waals surface area (Å²) in [5, 5.41) is 0.320. The molecule has 0 radical (unpaired) electrons. The number of hydrogen-bond donors (Lipinski definition) is 0. The van der Waals surface area contributed by atoms with Crippen molar-refractivity contribution in [2.45, 2.75) is 51.1 Å². The summed E-state index contributed by atoms with van der Waals surface area (Å²) in [5.74, 6) is -0.0952. The first-order chi connectivity index (χ1) is 11.4. The zero-order valence-corrected chi connectivity index (χ0v) is 14.6. The van der Waals surface area contributed by atoms with Gasteiger partial charge in [0, 0.05) is 7.11 Å². The van der Waals surface area contributed by atoms with Gasteiger partial charge in [0.25, 0.3) is 0 Å². The van der Waals surface area contributed by atoms with Gasteiger partial charge in [-0.25, -0.2) is 15.0 Å². The second kappa shape index (κ2) is 5.60. The highest BCUT2D eigenvalue weighted by Crippen LogP contribution is 2.39. The maximum Gasteiger partial charge on any atom is 0.167 e. The van der Waals surface area contributed by atoms with Gasteiger partial charge >= 0.3 is 0 Å². The molecule has 2 aromatic heterocycles. The molecule has 0 N–H and O–H groups in total. The summed E-state index contributed by atoms with van der Waals surface area (Å²) in [5.41, 5.74) is 1.14. The van der Waals surface area contributed by atoms with Gasteiger partial charge < -0.3 is 18.9 Å². The van der Waals surface area contributed by atoms with Gasteiger partial charge in [-0.1, -0.05) is 11.6 Å². The Hall–Kier alpha value is -1.32. The molecule has 8 nitrogen and oxygen atoms in total. The van der Waals surface area contributed by atoms with E-state index in [0.29, 0.717) is 28.7 Å². The first-order valence-electron chi connectivity index (χ1n) is 7.76. The lowest BCUT2D eigenvalue weighted by Crippen LogP contribution is -2.50. The van der Waals surface area contributed by atoms with Gasteiger partial charge in [0.2, 0.25) is 0 Å². The molecule has 0 aromatic carbocycles. The van der Waals surface area contributed by atoms with Crippen LogP contribution in [-0.2, 0) is 18.9 Å². The van der Waals surface area contributed by atoms with E-state index in [1.165, 1.54) is 0 Å². The average Bonchev–Trinajstić information content (AvgIpc) is 3.05. The smallest absolute Gasteiger partial charge is 0.167 e. The number of hydrogen-bond acceptors (Lipinski definition) is 7. The van der Waals surface area contributed by atoms with E-state index < -0.39 is 12.0 Å². The number of methoxy groups -OCH3 is 1. The third-order valence-electron chi connectivity index (χ3n) is 4.29. The Bertz CT molecular complexity index is 780. The van der Waals surface area contributed by atoms with E-state index in [-0.39, 0.29) is 18.3 Å². The van der Waals surface area contributed by atoms with Crippen LogP contribution in [0.4, 0.5) is 0 Å². The molecule has 9 heteroatoms. The molecule has 2 aromatic rings. The summed E-state index contributed by atoms with van der Waals surface area (Å²) in [6.45, 7) is 5.95. The Balaban J connectivity index is 1.74. The lowest BCUT2D eigenvalue weighted by atomic mass is 10.0. The lowest BCUT2D eigenvalue weighted by Gasteiger charge is -2.37. The Morgan fingerprint density at radius 3 is 2.88 bits per heavy atom. The van der Waals surface area contributed by atoms with Crippen LogP contribution in [0, 0.1) is 6.92 Å². The average molecular weight is 355 g/mol. The molecule has 0 unspecified atom stereocenters. The minimum atomic E-state index is -0.663. The molecular weight excluding hydrogens is 336 g/mol. The van der Waals surface area contributed by atoms with Crippen LogP contribution in [0.15, 0.2) is 6.33 Å². The van der Waals surface area contributed by atoms with Crippen molar-refractivity contribution >= 4 is 22.8 Å². The normalized spacial score (nSPS) is 32.2. The number of aromatic nitrogens is 4. The number of aryl methyl sites for hydroxylation is 1. The van der Waals surface area contributed by atoms with Crippen molar-refractivity contribution in [1.29, 1.82) is 0 Å². The van der Waals surface area contributed by atoms with E-state index in [9.17, 15) is 0 Å². The van der Waals surface area contributed by atoms with Crippen molar-refractivity contribution < 1.29 is 18.9 Å². The molecule has 4 atom stereocenters. The highest BCUT2D eigenvalue weighted by atomic mass is 35.5. The van der Waals surface area contributed by atoms with E-state index in [1.807, 2.05) is 18.4 Å². The van der Waals surface area contributed by atoms with Gasteiger partial charge in [-0.05, 0) is 20.8 Å². The first-order valence-corrected chi connectivity index (χ1v) is 8.14. The maximum atomic E-state index is 6.17. The number of ether oxygens (including phenoxy) is 4. The Kier molecular flexibility index (Phi) is 3.77. The quantitative estimate of drug-likeness (QED) is 0.761. The van der Waals surface area contributed by atoms with Crippen molar-refractivity contribution in [3.05, 3.63) is 17.3 Å². The van der Waals surface area contributed by atoms with Crippen LogP contribution in [0.25, 0.3) is 11.2 Å². The van der Waals surface area contributed by atoms with Crippen molar-refractivity contribution in [2.75, 3.05) is 13.7 Å². The van der Waals surface area contributed by atoms with Crippen molar-refractivity contribution in [2.24, 2.45) is 0 Å². The van der Waals surface area contributed by atoms with E-state index in [2.05, 4.69) is 15.0 Å². The lowest BCUT2D eigenvalue weighted by molar-refractivity contribution is -0.191. The van der Waals surface area contributed by atoms with Crippen LogP contribution in [0.5, 0.6) is 0 Å². The van der Waals surface area contributed by atoms with Crippen molar-refractivity contribution in [3.63, 3.8) is 0 Å². The summed E-state index contributed by atoms with van der Waals surface area (Å²) in [7, 11) is 1.63. The number of nitrogens with zero attached hydrogens (tertiary/aromatic N) is 4. The fourth-order valence-corrected chi connectivity index (χ4v) is 3.64. The molecule has 24 heavy (non-hydrogen) atoms. The van der Waals surface area contributed by atoms with Crippen LogP contribution in [0.2, 0.25) is 5.15 Å². The topological polar surface area (TPSA) is 80.5 Å². The highest BCUT2D eigenvalue weighted by Gasteiger charge is 2.52. The van der Waals surface area contributed by atoms with Gasteiger partial charge in [-0.3, -0.25) is 4.57 Å². The highest BCUT2D eigenvalue weighted by molar-refractivity contribution is 6.33. The SMILES string of the molecule is CO[C@@H]1[C@H]2OC(C)(C)O[C@H]2CO[C@H]1n1cnc2c(Cl)nc(C)nc21. The number of imidazole rings is 1. The largest absolute Gasteiger partial charge is 0.374 e. The Morgan fingerprint density at radius 2 is 2.12 bits per heavy atom. The number of fused-ring (bicyclic) bond motifs is 2. The predicted octanol–water partition coefficient (Wildman–Crippen LogP) is 1.85. The predicted molar refractivity (Wildman–Crippen MR) is 84.7 cm³/mol. The minimum Gasteiger partial charge on any atom is -0.374 e. The monoisotopic (exact) mass is 354 g/mol. The summed E-state index contributed by atoms with van der Waals surface area (Å²) >= 11 is 6.17. The van der Waals surface area contributed by atoms with Crippen LogP contribution in [0.1, 0.15) is 25.9 Å². The molecule has 0 aliphatic carbocycles. The zero-order chi connectivity index (χ0) is 17.1.